The number of nitrogens with zero attached hydrogens (tertiary/aromatic N) is 2. The highest BCUT2D eigenvalue weighted by molar-refractivity contribution is 7.13. The van der Waals surface area contributed by atoms with E-state index in [1.165, 1.54) is 37.3 Å². The summed E-state index contributed by atoms with van der Waals surface area (Å²) in [5.41, 5.74) is 4.01. The van der Waals surface area contributed by atoms with Crippen LogP contribution in [0.2, 0.25) is 0 Å². The minimum atomic E-state index is -0.405. The van der Waals surface area contributed by atoms with Crippen LogP contribution < -0.4 is 5.32 Å². The largest absolute Gasteiger partial charge is 0.449 e. The Morgan fingerprint density at radius 1 is 1.36 bits per heavy atom. The summed E-state index contributed by atoms with van der Waals surface area (Å²) < 4.78 is 5.52. The van der Waals surface area contributed by atoms with Gasteiger partial charge in [-0.2, -0.15) is 0 Å². The maximum absolute atomic E-state index is 12.2. The van der Waals surface area contributed by atoms with Gasteiger partial charge < -0.3 is 9.64 Å². The van der Waals surface area contributed by atoms with Crippen LogP contribution in [0.5, 0.6) is 0 Å². The molecule has 5 rings (SSSR count). The molecule has 0 radical (unpaired) electrons. The number of carbonyl (C=O) groups excluding carboxylic acids is 1. The number of rotatable bonds is 4. The summed E-state index contributed by atoms with van der Waals surface area (Å²) >= 11 is 1.53. The number of nitrogens with one attached hydrogen (secondary N) is 1. The van der Waals surface area contributed by atoms with Gasteiger partial charge in [-0.1, -0.05) is 24.3 Å². The van der Waals surface area contributed by atoms with Gasteiger partial charge in [-0.05, 0) is 49.9 Å². The van der Waals surface area contributed by atoms with E-state index in [0.29, 0.717) is 24.3 Å². The summed E-state index contributed by atoms with van der Waals surface area (Å²) in [6.45, 7) is 6.02. The van der Waals surface area contributed by atoms with Gasteiger partial charge >= 0.3 is 6.09 Å². The van der Waals surface area contributed by atoms with E-state index in [-0.39, 0.29) is 0 Å². The first kappa shape index (κ1) is 16.5. The third-order valence-electron chi connectivity index (χ3n) is 5.40. The van der Waals surface area contributed by atoms with Crippen molar-refractivity contribution < 1.29 is 9.53 Å². The van der Waals surface area contributed by atoms with Crippen molar-refractivity contribution in [2.24, 2.45) is 11.8 Å². The Kier molecular flexibility index (Phi) is 4.72. The van der Waals surface area contributed by atoms with Gasteiger partial charge in [0.1, 0.15) is 0 Å². The van der Waals surface area contributed by atoms with Crippen LogP contribution in [0.25, 0.3) is 10.4 Å². The van der Waals surface area contributed by atoms with Crippen LogP contribution in [0, 0.1) is 18.8 Å². The highest BCUT2D eigenvalue weighted by Crippen LogP contribution is 2.34. The number of amides is 1. The van der Waals surface area contributed by atoms with Crippen LogP contribution in [0.15, 0.2) is 29.8 Å². The first-order valence-electron chi connectivity index (χ1n) is 8.86. The van der Waals surface area contributed by atoms with Crippen molar-refractivity contribution in [2.75, 3.05) is 31.6 Å². The lowest BCUT2D eigenvalue weighted by atomic mass is 9.79. The Morgan fingerprint density at radius 3 is 2.88 bits per heavy atom. The predicted molar refractivity (Wildman–Crippen MR) is 99.9 cm³/mol. The zero-order valence-electron chi connectivity index (χ0n) is 14.4. The highest BCUT2D eigenvalue weighted by atomic mass is 32.1. The molecule has 2 bridgehead atoms. The number of piperidine rings is 3. The van der Waals surface area contributed by atoms with E-state index in [1.807, 2.05) is 18.2 Å². The molecule has 3 aliphatic rings. The lowest BCUT2D eigenvalue weighted by Gasteiger charge is -2.44. The monoisotopic (exact) mass is 357 g/mol. The molecular formula is C19H23N3O2S. The minimum absolute atomic E-state index is 0.405. The standard InChI is InChI=1S/C19H23N3O2S/c1-13-4-2-3-5-16(13)17-18(20-12-25-17)21-19(23)24-11-15-10-22-8-6-14(15)7-9-22/h2-5,12,14-15H,6-11H2,1H3,(H,21,23). The van der Waals surface area contributed by atoms with Crippen molar-refractivity contribution in [3.63, 3.8) is 0 Å². The zero-order valence-corrected chi connectivity index (χ0v) is 15.2. The van der Waals surface area contributed by atoms with E-state index < -0.39 is 6.09 Å². The fraction of sp³-hybridized carbons (Fsp3) is 0.474. The SMILES string of the molecule is Cc1ccccc1-c1scnc1NC(=O)OCC1CN2CCC1CC2. The number of benzene rings is 1. The molecule has 1 amide bonds. The van der Waals surface area contributed by atoms with Crippen molar-refractivity contribution in [1.29, 1.82) is 0 Å². The van der Waals surface area contributed by atoms with E-state index in [0.717, 1.165) is 22.5 Å². The third-order valence-corrected chi connectivity index (χ3v) is 6.26. The van der Waals surface area contributed by atoms with Gasteiger partial charge in [-0.15, -0.1) is 11.3 Å². The number of hydrogen-bond donors (Lipinski definition) is 1. The van der Waals surface area contributed by atoms with Crippen molar-refractivity contribution in [3.8, 4) is 10.4 Å². The van der Waals surface area contributed by atoms with Crippen molar-refractivity contribution in [1.82, 2.24) is 9.88 Å². The molecule has 2 aromatic rings. The molecule has 3 aliphatic heterocycles. The second-order valence-corrected chi connectivity index (χ2v) is 7.82. The molecular weight excluding hydrogens is 334 g/mol. The Labute approximate surface area is 152 Å². The molecule has 0 aliphatic carbocycles. The molecule has 6 heteroatoms. The smallest absolute Gasteiger partial charge is 0.412 e. The van der Waals surface area contributed by atoms with Gasteiger partial charge in [-0.25, -0.2) is 9.78 Å². The van der Waals surface area contributed by atoms with E-state index in [1.54, 1.807) is 5.51 Å². The molecule has 1 aromatic heterocycles. The van der Waals surface area contributed by atoms with Gasteiger partial charge in [0.15, 0.2) is 5.82 Å². The molecule has 132 valence electrons. The molecule has 1 unspecified atom stereocenters. The van der Waals surface area contributed by atoms with E-state index in [2.05, 4.69) is 28.2 Å². The summed E-state index contributed by atoms with van der Waals surface area (Å²) in [5.74, 6) is 1.76. The maximum Gasteiger partial charge on any atom is 0.412 e. The minimum Gasteiger partial charge on any atom is -0.449 e. The van der Waals surface area contributed by atoms with Crippen LogP contribution in [-0.4, -0.2) is 42.2 Å². The van der Waals surface area contributed by atoms with Crippen LogP contribution in [0.4, 0.5) is 10.6 Å². The second kappa shape index (κ2) is 7.14. The van der Waals surface area contributed by atoms with Crippen LogP contribution in [-0.2, 0) is 4.74 Å². The lowest BCUT2D eigenvalue weighted by Crippen LogP contribution is -2.49. The number of aromatic nitrogens is 1. The molecule has 0 saturated carbocycles. The number of carbonyl (C=O) groups is 1. The fourth-order valence-electron chi connectivity index (χ4n) is 3.95. The summed E-state index contributed by atoms with van der Waals surface area (Å²) in [4.78, 5) is 20.0. The molecule has 1 atom stereocenters. The Bertz CT molecular complexity index is 753. The van der Waals surface area contributed by atoms with Gasteiger partial charge in [-0.3, -0.25) is 5.32 Å². The second-order valence-electron chi connectivity index (χ2n) is 6.97. The van der Waals surface area contributed by atoms with E-state index >= 15 is 0 Å². The Balaban J connectivity index is 1.37. The molecule has 1 N–H and O–H groups in total. The first-order chi connectivity index (χ1) is 12.2. The molecule has 3 fully saturated rings. The maximum atomic E-state index is 12.2. The van der Waals surface area contributed by atoms with E-state index in [4.69, 9.17) is 4.74 Å². The summed E-state index contributed by atoms with van der Waals surface area (Å²) in [7, 11) is 0. The number of anilines is 1. The molecule has 0 spiro atoms. The number of aryl methyl sites for hydroxylation is 1. The van der Waals surface area contributed by atoms with Crippen molar-refractivity contribution in [3.05, 3.63) is 35.3 Å². The van der Waals surface area contributed by atoms with Crippen LogP contribution in [0.1, 0.15) is 18.4 Å². The Morgan fingerprint density at radius 2 is 2.16 bits per heavy atom. The molecule has 3 saturated heterocycles. The quantitative estimate of drug-likeness (QED) is 0.898. The van der Waals surface area contributed by atoms with Gasteiger partial charge in [0, 0.05) is 12.5 Å². The summed E-state index contributed by atoms with van der Waals surface area (Å²) in [6, 6.07) is 8.11. The summed E-state index contributed by atoms with van der Waals surface area (Å²) in [6.07, 6.45) is 2.07. The van der Waals surface area contributed by atoms with E-state index in [9.17, 15) is 4.79 Å². The highest BCUT2D eigenvalue weighted by Gasteiger charge is 2.34. The topological polar surface area (TPSA) is 54.5 Å². The predicted octanol–water partition coefficient (Wildman–Crippen LogP) is 4.01. The fourth-order valence-corrected chi connectivity index (χ4v) is 4.78. The average molecular weight is 357 g/mol. The number of fused-ring (bicyclic) bond motifs is 3. The normalized spacial score (nSPS) is 24.9. The average Bonchev–Trinajstić information content (AvgIpc) is 3.09. The molecule has 4 heterocycles. The zero-order chi connectivity index (χ0) is 17.2. The third kappa shape index (κ3) is 3.55. The van der Waals surface area contributed by atoms with Gasteiger partial charge in [0.25, 0.3) is 0 Å². The molecule has 5 nitrogen and oxygen atoms in total. The van der Waals surface area contributed by atoms with Crippen molar-refractivity contribution >= 4 is 23.2 Å². The van der Waals surface area contributed by atoms with Gasteiger partial charge in [0.05, 0.1) is 17.0 Å². The molecule has 25 heavy (non-hydrogen) atoms. The van der Waals surface area contributed by atoms with Crippen LogP contribution in [0.3, 0.4) is 0 Å². The Hall–Kier alpha value is -1.92. The molecule has 1 aromatic carbocycles. The van der Waals surface area contributed by atoms with Crippen LogP contribution >= 0.6 is 11.3 Å². The van der Waals surface area contributed by atoms with Gasteiger partial charge in [0.2, 0.25) is 0 Å². The first-order valence-corrected chi connectivity index (χ1v) is 9.74. The number of hydrogen-bond acceptors (Lipinski definition) is 5. The summed E-state index contributed by atoms with van der Waals surface area (Å²) in [5, 5.41) is 2.82. The number of thiazole rings is 1. The lowest BCUT2D eigenvalue weighted by molar-refractivity contribution is 0.0151. The van der Waals surface area contributed by atoms with Crippen molar-refractivity contribution in [2.45, 2.75) is 19.8 Å². The number of ether oxygens (including phenoxy) is 1.